The molecule has 0 aromatic heterocycles. The second kappa shape index (κ2) is 11.6. The van der Waals surface area contributed by atoms with Crippen LogP contribution in [0.1, 0.15) is 90.4 Å². The van der Waals surface area contributed by atoms with Gasteiger partial charge in [0, 0.05) is 5.92 Å². The number of allylic oxidation sites excluding steroid dienone is 1. The van der Waals surface area contributed by atoms with Gasteiger partial charge in [-0.2, -0.15) is 8.78 Å². The third kappa shape index (κ3) is 7.09. The van der Waals surface area contributed by atoms with Gasteiger partial charge in [0.25, 0.3) is 6.08 Å². The first-order chi connectivity index (χ1) is 13.6. The molecule has 1 saturated heterocycles. The molecule has 3 rings (SSSR count). The predicted octanol–water partition coefficient (Wildman–Crippen LogP) is 7.34. The number of rotatable bonds is 8. The molecule has 0 radical (unpaired) electrons. The lowest BCUT2D eigenvalue weighted by Gasteiger charge is -2.37. The lowest BCUT2D eigenvalue weighted by molar-refractivity contribution is -0.210. The standard InChI is InChI=1S/C24H40F2O2/c1-2-24-27-16-22(17-28-24)21-13-11-19(12-14-21)6-4-3-5-18-7-9-20(10-8-18)15-23(25)26/h15,18-22,24H,2-14,16-17H2,1H3. The monoisotopic (exact) mass is 398 g/mol. The van der Waals surface area contributed by atoms with Gasteiger partial charge < -0.3 is 9.47 Å². The fourth-order valence-electron chi connectivity index (χ4n) is 5.70. The molecule has 2 saturated carbocycles. The summed E-state index contributed by atoms with van der Waals surface area (Å²) in [7, 11) is 0. The van der Waals surface area contributed by atoms with E-state index in [9.17, 15) is 8.78 Å². The Hall–Kier alpha value is -0.480. The first-order valence-corrected chi connectivity index (χ1v) is 11.9. The normalized spacial score (nSPS) is 36.8. The number of unbranched alkanes of at least 4 members (excludes halogenated alkanes) is 1. The van der Waals surface area contributed by atoms with Crippen LogP contribution < -0.4 is 0 Å². The van der Waals surface area contributed by atoms with Crippen LogP contribution in [-0.4, -0.2) is 19.5 Å². The Labute approximate surface area is 170 Å². The van der Waals surface area contributed by atoms with Crippen LogP contribution in [0, 0.1) is 29.6 Å². The summed E-state index contributed by atoms with van der Waals surface area (Å²) in [5.41, 5.74) is 0. The van der Waals surface area contributed by atoms with Gasteiger partial charge in [0.1, 0.15) is 0 Å². The molecule has 2 aliphatic carbocycles. The molecule has 1 aliphatic heterocycles. The molecule has 0 aromatic carbocycles. The van der Waals surface area contributed by atoms with Crippen LogP contribution in [-0.2, 0) is 9.47 Å². The van der Waals surface area contributed by atoms with Crippen LogP contribution in [0.25, 0.3) is 0 Å². The van der Waals surface area contributed by atoms with Crippen molar-refractivity contribution in [2.75, 3.05) is 13.2 Å². The smallest absolute Gasteiger partial charge is 0.266 e. The van der Waals surface area contributed by atoms with E-state index in [1.165, 1.54) is 57.4 Å². The second-order valence-electron chi connectivity index (χ2n) is 9.57. The molecular weight excluding hydrogens is 358 g/mol. The van der Waals surface area contributed by atoms with Crippen molar-refractivity contribution in [1.29, 1.82) is 0 Å². The first kappa shape index (κ1) is 22.2. The van der Waals surface area contributed by atoms with Crippen molar-refractivity contribution in [3.63, 3.8) is 0 Å². The zero-order chi connectivity index (χ0) is 19.8. The Morgan fingerprint density at radius 1 is 0.786 bits per heavy atom. The first-order valence-electron chi connectivity index (χ1n) is 11.9. The molecule has 3 aliphatic rings. The Morgan fingerprint density at radius 3 is 1.82 bits per heavy atom. The SMILES string of the molecule is CCC1OCC(C2CCC(CCCCC3CCC(C=C(F)F)CC3)CC2)CO1. The summed E-state index contributed by atoms with van der Waals surface area (Å²) in [5, 5.41) is 0. The maximum atomic E-state index is 12.4. The van der Waals surface area contributed by atoms with Crippen molar-refractivity contribution in [2.24, 2.45) is 29.6 Å². The highest BCUT2D eigenvalue weighted by Crippen LogP contribution is 2.38. The van der Waals surface area contributed by atoms with E-state index in [0.29, 0.717) is 5.92 Å². The molecule has 0 spiro atoms. The van der Waals surface area contributed by atoms with E-state index in [2.05, 4.69) is 6.92 Å². The van der Waals surface area contributed by atoms with Crippen LogP contribution >= 0.6 is 0 Å². The number of hydrogen-bond donors (Lipinski definition) is 0. The molecular formula is C24H40F2O2. The Balaban J connectivity index is 1.22. The van der Waals surface area contributed by atoms with E-state index in [4.69, 9.17) is 9.47 Å². The summed E-state index contributed by atoms with van der Waals surface area (Å²) in [5.74, 6) is 3.23. The van der Waals surface area contributed by atoms with Gasteiger partial charge in [-0.1, -0.05) is 45.4 Å². The summed E-state index contributed by atoms with van der Waals surface area (Å²) < 4.78 is 36.3. The molecule has 0 atom stereocenters. The fraction of sp³-hybridized carbons (Fsp3) is 0.917. The Kier molecular flexibility index (Phi) is 9.23. The molecule has 1 heterocycles. The van der Waals surface area contributed by atoms with Gasteiger partial charge in [0.15, 0.2) is 6.29 Å². The average molecular weight is 399 g/mol. The van der Waals surface area contributed by atoms with E-state index in [1.54, 1.807) is 0 Å². The van der Waals surface area contributed by atoms with Gasteiger partial charge in [-0.05, 0) is 74.7 Å². The topological polar surface area (TPSA) is 18.5 Å². The van der Waals surface area contributed by atoms with Crippen molar-refractivity contribution < 1.29 is 18.3 Å². The third-order valence-corrected chi connectivity index (χ3v) is 7.61. The molecule has 0 bridgehead atoms. The molecule has 0 aromatic rings. The summed E-state index contributed by atoms with van der Waals surface area (Å²) in [6, 6.07) is 0. The maximum Gasteiger partial charge on any atom is 0.266 e. The molecule has 2 nitrogen and oxygen atoms in total. The van der Waals surface area contributed by atoms with Crippen LogP contribution in [0.2, 0.25) is 0 Å². The predicted molar refractivity (Wildman–Crippen MR) is 109 cm³/mol. The van der Waals surface area contributed by atoms with E-state index < -0.39 is 6.08 Å². The fourth-order valence-corrected chi connectivity index (χ4v) is 5.70. The maximum absolute atomic E-state index is 12.4. The lowest BCUT2D eigenvalue weighted by atomic mass is 9.74. The van der Waals surface area contributed by atoms with Crippen LogP contribution in [0.5, 0.6) is 0 Å². The van der Waals surface area contributed by atoms with Gasteiger partial charge in [0.2, 0.25) is 0 Å². The van der Waals surface area contributed by atoms with Gasteiger partial charge in [-0.15, -0.1) is 0 Å². The zero-order valence-corrected chi connectivity index (χ0v) is 17.7. The quantitative estimate of drug-likeness (QED) is 0.398. The van der Waals surface area contributed by atoms with E-state index in [0.717, 1.165) is 63.1 Å². The third-order valence-electron chi connectivity index (χ3n) is 7.61. The van der Waals surface area contributed by atoms with E-state index in [1.807, 2.05) is 0 Å². The van der Waals surface area contributed by atoms with Gasteiger partial charge >= 0.3 is 0 Å². The molecule has 3 fully saturated rings. The van der Waals surface area contributed by atoms with Crippen molar-refractivity contribution in [3.8, 4) is 0 Å². The summed E-state index contributed by atoms with van der Waals surface area (Å²) in [4.78, 5) is 0. The van der Waals surface area contributed by atoms with Gasteiger partial charge in [0.05, 0.1) is 13.2 Å². The highest BCUT2D eigenvalue weighted by atomic mass is 19.3. The number of hydrogen-bond acceptors (Lipinski definition) is 2. The minimum atomic E-state index is -1.49. The number of halogens is 2. The zero-order valence-electron chi connectivity index (χ0n) is 17.7. The van der Waals surface area contributed by atoms with Crippen molar-refractivity contribution in [2.45, 2.75) is 96.7 Å². The average Bonchev–Trinajstić information content (AvgIpc) is 2.72. The van der Waals surface area contributed by atoms with Crippen molar-refractivity contribution >= 4 is 0 Å². The molecule has 0 unspecified atom stereocenters. The van der Waals surface area contributed by atoms with Crippen LogP contribution in [0.15, 0.2) is 12.2 Å². The molecule has 4 heteroatoms. The minimum Gasteiger partial charge on any atom is -0.352 e. The summed E-state index contributed by atoms with van der Waals surface area (Å²) in [6.07, 6.45) is 15.7. The summed E-state index contributed by atoms with van der Waals surface area (Å²) in [6.45, 7) is 3.90. The Bertz CT molecular complexity index is 453. The molecule has 162 valence electrons. The van der Waals surface area contributed by atoms with Crippen molar-refractivity contribution in [3.05, 3.63) is 12.2 Å². The van der Waals surface area contributed by atoms with E-state index in [-0.39, 0.29) is 12.2 Å². The highest BCUT2D eigenvalue weighted by Gasteiger charge is 2.31. The van der Waals surface area contributed by atoms with Crippen LogP contribution in [0.4, 0.5) is 8.78 Å². The lowest BCUT2D eigenvalue weighted by Crippen LogP contribution is -2.37. The van der Waals surface area contributed by atoms with Gasteiger partial charge in [-0.3, -0.25) is 0 Å². The summed E-state index contributed by atoms with van der Waals surface area (Å²) >= 11 is 0. The number of ether oxygens (including phenoxy) is 2. The van der Waals surface area contributed by atoms with Crippen LogP contribution in [0.3, 0.4) is 0 Å². The van der Waals surface area contributed by atoms with Crippen molar-refractivity contribution in [1.82, 2.24) is 0 Å². The van der Waals surface area contributed by atoms with Gasteiger partial charge in [-0.25, -0.2) is 0 Å². The Morgan fingerprint density at radius 2 is 1.32 bits per heavy atom. The minimum absolute atomic E-state index is 0.0314. The van der Waals surface area contributed by atoms with E-state index >= 15 is 0 Å². The molecule has 28 heavy (non-hydrogen) atoms. The highest BCUT2D eigenvalue weighted by molar-refractivity contribution is 4.90. The second-order valence-corrected chi connectivity index (χ2v) is 9.57. The largest absolute Gasteiger partial charge is 0.352 e. The molecule has 0 N–H and O–H groups in total. The molecule has 0 amide bonds.